The second-order valence-corrected chi connectivity index (χ2v) is 5.61. The summed E-state index contributed by atoms with van der Waals surface area (Å²) in [4.78, 5) is 13.5. The first kappa shape index (κ1) is 12.7. The number of likely N-dealkylation sites (tertiary alicyclic amines) is 1. The van der Waals surface area contributed by atoms with E-state index < -0.39 is 5.92 Å². The number of hydrogen-bond donors (Lipinski definition) is 1. The van der Waals surface area contributed by atoms with E-state index in [1.54, 1.807) is 4.90 Å². The van der Waals surface area contributed by atoms with E-state index in [1.807, 2.05) is 6.92 Å². The maximum atomic E-state index is 13.1. The van der Waals surface area contributed by atoms with Crippen LogP contribution in [0.2, 0.25) is 0 Å². The summed E-state index contributed by atoms with van der Waals surface area (Å²) in [5.74, 6) is -2.33. The van der Waals surface area contributed by atoms with E-state index in [9.17, 15) is 13.6 Å². The molecule has 0 aromatic rings. The van der Waals surface area contributed by atoms with Crippen molar-refractivity contribution in [2.75, 3.05) is 13.1 Å². The topological polar surface area (TPSA) is 46.3 Å². The predicted molar refractivity (Wildman–Crippen MR) is 60.6 cm³/mol. The molecule has 0 aromatic heterocycles. The van der Waals surface area contributed by atoms with Crippen LogP contribution in [0, 0.1) is 11.8 Å². The van der Waals surface area contributed by atoms with Gasteiger partial charge in [-0.1, -0.05) is 6.92 Å². The molecule has 1 saturated carbocycles. The Morgan fingerprint density at radius 2 is 2.24 bits per heavy atom. The molecule has 2 N–H and O–H groups in total. The zero-order valence-electron chi connectivity index (χ0n) is 10.2. The summed E-state index contributed by atoms with van der Waals surface area (Å²) >= 11 is 0. The summed E-state index contributed by atoms with van der Waals surface area (Å²) in [5.41, 5.74) is 5.92. The molecule has 3 atom stereocenters. The molecule has 1 saturated heterocycles. The number of carbonyl (C=O) groups is 1. The van der Waals surface area contributed by atoms with Crippen LogP contribution < -0.4 is 5.73 Å². The van der Waals surface area contributed by atoms with Gasteiger partial charge in [-0.25, -0.2) is 8.78 Å². The number of piperidine rings is 1. The molecule has 1 aliphatic carbocycles. The second-order valence-electron chi connectivity index (χ2n) is 5.61. The van der Waals surface area contributed by atoms with Gasteiger partial charge in [0.15, 0.2) is 0 Å². The molecule has 98 valence electrons. The van der Waals surface area contributed by atoms with Gasteiger partial charge >= 0.3 is 0 Å². The minimum absolute atomic E-state index is 0.0189. The van der Waals surface area contributed by atoms with Crippen molar-refractivity contribution in [3.05, 3.63) is 0 Å². The van der Waals surface area contributed by atoms with E-state index in [1.165, 1.54) is 0 Å². The van der Waals surface area contributed by atoms with Gasteiger partial charge in [-0.2, -0.15) is 0 Å². The van der Waals surface area contributed by atoms with Crippen molar-refractivity contribution in [3.8, 4) is 0 Å². The average molecular weight is 246 g/mol. The van der Waals surface area contributed by atoms with Gasteiger partial charge in [0.25, 0.3) is 0 Å². The average Bonchev–Trinajstić information content (AvgIpc) is 2.54. The lowest BCUT2D eigenvalue weighted by atomic mass is 9.92. The van der Waals surface area contributed by atoms with Gasteiger partial charge in [-0.05, 0) is 18.3 Å². The molecule has 1 heterocycles. The van der Waals surface area contributed by atoms with E-state index in [0.29, 0.717) is 25.9 Å². The predicted octanol–water partition coefficient (Wildman–Crippen LogP) is 1.62. The third-order valence-corrected chi connectivity index (χ3v) is 4.00. The largest absolute Gasteiger partial charge is 0.341 e. The Bertz CT molecular complexity index is 309. The monoisotopic (exact) mass is 246 g/mol. The maximum Gasteiger partial charge on any atom is 0.248 e. The summed E-state index contributed by atoms with van der Waals surface area (Å²) in [6.07, 6.45) is 0.843. The lowest BCUT2D eigenvalue weighted by Gasteiger charge is -2.36. The highest BCUT2D eigenvalue weighted by atomic mass is 19.3. The fourth-order valence-electron chi connectivity index (χ4n) is 2.78. The smallest absolute Gasteiger partial charge is 0.248 e. The maximum absolute atomic E-state index is 13.1. The van der Waals surface area contributed by atoms with Crippen LogP contribution in [0.5, 0.6) is 0 Å². The lowest BCUT2D eigenvalue weighted by Crippen LogP contribution is -2.51. The summed E-state index contributed by atoms with van der Waals surface area (Å²) < 4.78 is 26.1. The molecule has 2 rings (SSSR count). The number of halogens is 2. The summed E-state index contributed by atoms with van der Waals surface area (Å²) in [6.45, 7) is 2.93. The van der Waals surface area contributed by atoms with Gasteiger partial charge in [0.1, 0.15) is 0 Å². The molecule has 17 heavy (non-hydrogen) atoms. The van der Waals surface area contributed by atoms with Crippen LogP contribution in [0.25, 0.3) is 0 Å². The molecular formula is C12H20F2N2O. The Kier molecular flexibility index (Phi) is 3.39. The van der Waals surface area contributed by atoms with Gasteiger partial charge in [0.05, 0.1) is 0 Å². The molecule has 0 radical (unpaired) electrons. The van der Waals surface area contributed by atoms with Crippen LogP contribution in [0.3, 0.4) is 0 Å². The van der Waals surface area contributed by atoms with E-state index in [0.717, 1.165) is 0 Å². The van der Waals surface area contributed by atoms with E-state index in [4.69, 9.17) is 5.73 Å². The molecule has 1 aliphatic heterocycles. The number of alkyl halides is 2. The first-order valence-corrected chi connectivity index (χ1v) is 6.28. The van der Waals surface area contributed by atoms with Crippen LogP contribution in [0.4, 0.5) is 8.78 Å². The number of nitrogens with two attached hydrogens (primary N) is 1. The van der Waals surface area contributed by atoms with Crippen molar-refractivity contribution >= 4 is 5.91 Å². The number of carbonyl (C=O) groups excluding carboxylic acids is 1. The Labute approximate surface area is 100 Å². The zero-order chi connectivity index (χ0) is 12.6. The molecular weight excluding hydrogens is 226 g/mol. The number of rotatable bonds is 2. The first-order chi connectivity index (χ1) is 7.87. The fraction of sp³-hybridized carbons (Fsp3) is 0.917. The van der Waals surface area contributed by atoms with Gasteiger partial charge in [0.2, 0.25) is 11.8 Å². The van der Waals surface area contributed by atoms with E-state index in [-0.39, 0.29) is 36.6 Å². The molecule has 0 aromatic carbocycles. The molecule has 3 unspecified atom stereocenters. The number of nitrogens with zero attached hydrogens (tertiary/aromatic N) is 1. The van der Waals surface area contributed by atoms with Crippen LogP contribution in [0.1, 0.15) is 32.6 Å². The fourth-order valence-corrected chi connectivity index (χ4v) is 2.78. The molecule has 2 aliphatic rings. The number of amides is 1. The molecule has 5 heteroatoms. The summed E-state index contributed by atoms with van der Waals surface area (Å²) in [6, 6.07) is -0.0189. The number of hydrogen-bond acceptors (Lipinski definition) is 2. The third kappa shape index (κ3) is 2.94. The SMILES string of the molecule is CC1CC(=O)N(CC2CCC(F)(F)C2)CC1N. The van der Waals surface area contributed by atoms with Gasteiger partial charge in [0, 0.05) is 38.4 Å². The minimum atomic E-state index is -2.53. The van der Waals surface area contributed by atoms with Gasteiger partial charge < -0.3 is 10.6 Å². The highest BCUT2D eigenvalue weighted by molar-refractivity contribution is 5.77. The third-order valence-electron chi connectivity index (χ3n) is 4.00. The van der Waals surface area contributed by atoms with Crippen molar-refractivity contribution in [1.29, 1.82) is 0 Å². The second kappa shape index (κ2) is 4.52. The minimum Gasteiger partial charge on any atom is -0.341 e. The van der Waals surface area contributed by atoms with Crippen molar-refractivity contribution in [1.82, 2.24) is 4.90 Å². The Balaban J connectivity index is 1.89. The quantitative estimate of drug-likeness (QED) is 0.804. The molecule has 0 spiro atoms. The van der Waals surface area contributed by atoms with Gasteiger partial charge in [-0.15, -0.1) is 0 Å². The Morgan fingerprint density at radius 1 is 1.53 bits per heavy atom. The van der Waals surface area contributed by atoms with E-state index >= 15 is 0 Å². The van der Waals surface area contributed by atoms with Crippen LogP contribution in [-0.2, 0) is 4.79 Å². The Morgan fingerprint density at radius 3 is 2.82 bits per heavy atom. The van der Waals surface area contributed by atoms with Crippen molar-refractivity contribution < 1.29 is 13.6 Å². The highest BCUT2D eigenvalue weighted by Gasteiger charge is 2.41. The van der Waals surface area contributed by atoms with Crippen LogP contribution >= 0.6 is 0 Å². The summed E-state index contributed by atoms with van der Waals surface area (Å²) in [7, 11) is 0. The van der Waals surface area contributed by atoms with Gasteiger partial charge in [-0.3, -0.25) is 4.79 Å². The lowest BCUT2D eigenvalue weighted by molar-refractivity contribution is -0.136. The van der Waals surface area contributed by atoms with Crippen molar-refractivity contribution in [2.24, 2.45) is 17.6 Å². The first-order valence-electron chi connectivity index (χ1n) is 6.28. The highest BCUT2D eigenvalue weighted by Crippen LogP contribution is 2.39. The summed E-state index contributed by atoms with van der Waals surface area (Å²) in [5, 5.41) is 0. The van der Waals surface area contributed by atoms with Crippen molar-refractivity contribution in [2.45, 2.75) is 44.6 Å². The Hall–Kier alpha value is -0.710. The zero-order valence-corrected chi connectivity index (χ0v) is 10.2. The van der Waals surface area contributed by atoms with Crippen LogP contribution in [-0.4, -0.2) is 35.9 Å². The van der Waals surface area contributed by atoms with Crippen LogP contribution in [0.15, 0.2) is 0 Å². The molecule has 2 fully saturated rings. The van der Waals surface area contributed by atoms with E-state index in [2.05, 4.69) is 0 Å². The molecule has 1 amide bonds. The molecule has 3 nitrogen and oxygen atoms in total. The normalized spacial score (nSPS) is 37.5. The molecule has 0 bridgehead atoms. The van der Waals surface area contributed by atoms with Crippen molar-refractivity contribution in [3.63, 3.8) is 0 Å². The standard InChI is InChI=1S/C12H20F2N2O/c1-8-4-11(17)16(7-10(8)15)6-9-2-3-12(13,14)5-9/h8-10H,2-7,15H2,1H3.